The third-order valence-corrected chi connectivity index (χ3v) is 6.35. The number of fused-ring (bicyclic) bond motifs is 1. The summed E-state index contributed by atoms with van der Waals surface area (Å²) in [6.45, 7) is 0.384. The van der Waals surface area contributed by atoms with Gasteiger partial charge in [-0.15, -0.1) is 11.8 Å². The average molecular weight is 434 g/mol. The summed E-state index contributed by atoms with van der Waals surface area (Å²) in [6.07, 6.45) is 2.14. The summed E-state index contributed by atoms with van der Waals surface area (Å²) in [5.41, 5.74) is 2.52. The summed E-state index contributed by atoms with van der Waals surface area (Å²) in [5.74, 6) is 1.14. The molecule has 2 amide bonds. The minimum Gasteiger partial charge on any atom is -0.497 e. The van der Waals surface area contributed by atoms with E-state index in [1.807, 2.05) is 60.7 Å². The molecule has 4 rings (SSSR count). The van der Waals surface area contributed by atoms with Gasteiger partial charge in [0.1, 0.15) is 11.6 Å². The number of ether oxygens (including phenoxy) is 1. The summed E-state index contributed by atoms with van der Waals surface area (Å²) < 4.78 is 5.22. The van der Waals surface area contributed by atoms with Crippen molar-refractivity contribution < 1.29 is 14.3 Å². The number of hydrogen-bond donors (Lipinski definition) is 1. The van der Waals surface area contributed by atoms with E-state index in [4.69, 9.17) is 4.74 Å². The van der Waals surface area contributed by atoms with Gasteiger partial charge in [0.15, 0.2) is 0 Å². The molecule has 0 aliphatic carbocycles. The smallest absolute Gasteiger partial charge is 0.253 e. The number of thioether (sulfide) groups is 1. The lowest BCUT2D eigenvalue weighted by atomic mass is 10.1. The maximum atomic E-state index is 12.8. The van der Waals surface area contributed by atoms with Gasteiger partial charge in [-0.1, -0.05) is 42.5 Å². The van der Waals surface area contributed by atoms with Gasteiger partial charge in [-0.05, 0) is 35.7 Å². The lowest BCUT2D eigenvalue weighted by Gasteiger charge is -2.30. The van der Waals surface area contributed by atoms with Gasteiger partial charge in [0.25, 0.3) is 5.91 Å². The Hall–Kier alpha value is -3.32. The highest BCUT2D eigenvalue weighted by molar-refractivity contribution is 8.01. The van der Waals surface area contributed by atoms with Crippen LogP contribution in [0.25, 0.3) is 0 Å². The van der Waals surface area contributed by atoms with Crippen LogP contribution in [0.5, 0.6) is 5.75 Å². The molecule has 0 radical (unpaired) electrons. The van der Waals surface area contributed by atoms with Crippen molar-refractivity contribution in [2.24, 2.45) is 0 Å². The molecule has 0 bridgehead atoms. The Morgan fingerprint density at radius 3 is 2.68 bits per heavy atom. The molecule has 1 unspecified atom stereocenters. The van der Waals surface area contributed by atoms with Crippen LogP contribution in [0.15, 0.2) is 71.8 Å². The summed E-state index contributed by atoms with van der Waals surface area (Å²) in [4.78, 5) is 32.3. The largest absolute Gasteiger partial charge is 0.497 e. The number of aromatic nitrogens is 1. The van der Waals surface area contributed by atoms with Crippen molar-refractivity contribution in [2.75, 3.05) is 19.1 Å². The predicted octanol–water partition coefficient (Wildman–Crippen LogP) is 3.70. The number of rotatable bonds is 6. The second kappa shape index (κ2) is 9.22. The summed E-state index contributed by atoms with van der Waals surface area (Å²) in [7, 11) is 3.34. The molecular formula is C24H23N3O3S. The van der Waals surface area contributed by atoms with E-state index in [0.717, 1.165) is 21.8 Å². The van der Waals surface area contributed by atoms with Gasteiger partial charge in [0.2, 0.25) is 5.91 Å². The lowest BCUT2D eigenvalue weighted by molar-refractivity contribution is -0.118. The first-order chi connectivity index (χ1) is 15.0. The number of pyridine rings is 1. The first-order valence-corrected chi connectivity index (χ1v) is 10.8. The highest BCUT2D eigenvalue weighted by Gasteiger charge is 2.33. The van der Waals surface area contributed by atoms with Gasteiger partial charge >= 0.3 is 0 Å². The van der Waals surface area contributed by atoms with E-state index in [1.54, 1.807) is 19.1 Å². The number of benzene rings is 2. The first kappa shape index (κ1) is 20.9. The van der Waals surface area contributed by atoms with Crippen molar-refractivity contribution in [3.05, 3.63) is 83.6 Å². The number of hydrogen-bond acceptors (Lipinski definition) is 5. The van der Waals surface area contributed by atoms with Crippen LogP contribution in [0, 0.1) is 0 Å². The number of carbonyl (C=O) groups is 2. The molecule has 31 heavy (non-hydrogen) atoms. The van der Waals surface area contributed by atoms with Crippen LogP contribution >= 0.6 is 11.8 Å². The van der Waals surface area contributed by atoms with E-state index < -0.39 is 0 Å². The molecule has 6 nitrogen and oxygen atoms in total. The van der Waals surface area contributed by atoms with E-state index in [-0.39, 0.29) is 17.1 Å². The Labute approximate surface area is 185 Å². The first-order valence-electron chi connectivity index (χ1n) is 9.94. The molecule has 2 aromatic carbocycles. The van der Waals surface area contributed by atoms with E-state index in [2.05, 4.69) is 10.3 Å². The Morgan fingerprint density at radius 2 is 1.90 bits per heavy atom. The van der Waals surface area contributed by atoms with Crippen molar-refractivity contribution in [3.63, 3.8) is 0 Å². The molecule has 0 fully saturated rings. The fraction of sp³-hybridized carbons (Fsp3) is 0.208. The maximum absolute atomic E-state index is 12.8. The highest BCUT2D eigenvalue weighted by atomic mass is 32.2. The minimum atomic E-state index is -0.253. The molecule has 0 saturated heterocycles. The molecule has 1 aliphatic rings. The SMILES string of the molecule is COc1cccc(CNC(=O)c2cnc3c(c2)SC(Cc2ccccc2)C(=O)N3C)c1. The Bertz CT molecular complexity index is 1100. The van der Waals surface area contributed by atoms with Crippen molar-refractivity contribution in [1.82, 2.24) is 10.3 Å². The van der Waals surface area contributed by atoms with Crippen LogP contribution in [-0.4, -0.2) is 36.2 Å². The summed E-state index contributed by atoms with van der Waals surface area (Å²) in [5, 5.41) is 2.67. The normalized spacial score (nSPS) is 15.4. The molecule has 3 aromatic rings. The fourth-order valence-electron chi connectivity index (χ4n) is 3.45. The number of anilines is 1. The zero-order valence-electron chi connectivity index (χ0n) is 17.4. The van der Waals surface area contributed by atoms with E-state index >= 15 is 0 Å². The molecule has 1 aromatic heterocycles. The molecule has 0 saturated carbocycles. The molecule has 1 N–H and O–H groups in total. The topological polar surface area (TPSA) is 71.5 Å². The molecular weight excluding hydrogens is 410 g/mol. The zero-order chi connectivity index (χ0) is 21.8. The lowest BCUT2D eigenvalue weighted by Crippen LogP contribution is -2.40. The van der Waals surface area contributed by atoms with Gasteiger partial charge in [-0.3, -0.25) is 14.5 Å². The summed E-state index contributed by atoms with van der Waals surface area (Å²) in [6, 6.07) is 19.3. The molecule has 1 atom stereocenters. The predicted molar refractivity (Wildman–Crippen MR) is 122 cm³/mol. The second-order valence-electron chi connectivity index (χ2n) is 7.27. The van der Waals surface area contributed by atoms with Gasteiger partial charge < -0.3 is 10.1 Å². The number of amides is 2. The van der Waals surface area contributed by atoms with Crippen LogP contribution in [0.2, 0.25) is 0 Å². The maximum Gasteiger partial charge on any atom is 0.253 e. The van der Waals surface area contributed by atoms with Crippen LogP contribution in [0.4, 0.5) is 5.82 Å². The summed E-state index contributed by atoms with van der Waals surface area (Å²) >= 11 is 1.46. The van der Waals surface area contributed by atoms with E-state index in [0.29, 0.717) is 24.3 Å². The van der Waals surface area contributed by atoms with Crippen molar-refractivity contribution in [3.8, 4) is 5.75 Å². The molecule has 0 spiro atoms. The Balaban J connectivity index is 1.48. The van der Waals surface area contributed by atoms with E-state index in [9.17, 15) is 9.59 Å². The third-order valence-electron chi connectivity index (χ3n) is 5.14. The zero-order valence-corrected chi connectivity index (χ0v) is 18.2. The second-order valence-corrected chi connectivity index (χ2v) is 8.52. The van der Waals surface area contributed by atoms with Gasteiger partial charge in [0.05, 0.1) is 22.8 Å². The van der Waals surface area contributed by atoms with Crippen LogP contribution in [-0.2, 0) is 17.8 Å². The number of methoxy groups -OCH3 is 1. The minimum absolute atomic E-state index is 0.0177. The van der Waals surface area contributed by atoms with E-state index in [1.165, 1.54) is 18.0 Å². The third kappa shape index (κ3) is 4.72. The monoisotopic (exact) mass is 433 g/mol. The van der Waals surface area contributed by atoms with Crippen molar-refractivity contribution >= 4 is 29.4 Å². The fourth-order valence-corrected chi connectivity index (χ4v) is 4.78. The number of nitrogens with zero attached hydrogens (tertiary/aromatic N) is 2. The standard InChI is InChI=1S/C24H23N3O3S/c1-27-22-20(31-21(24(27)29)12-16-7-4-3-5-8-16)13-18(15-25-22)23(28)26-14-17-9-6-10-19(11-17)30-2/h3-11,13,15,21H,12,14H2,1-2H3,(H,26,28). The van der Waals surface area contributed by atoms with Crippen molar-refractivity contribution in [1.29, 1.82) is 0 Å². The molecule has 2 heterocycles. The molecule has 158 valence electrons. The quantitative estimate of drug-likeness (QED) is 0.642. The van der Waals surface area contributed by atoms with Crippen LogP contribution in [0.1, 0.15) is 21.5 Å². The van der Waals surface area contributed by atoms with Crippen molar-refractivity contribution in [2.45, 2.75) is 23.1 Å². The number of carbonyl (C=O) groups excluding carboxylic acids is 2. The average Bonchev–Trinajstić information content (AvgIpc) is 2.81. The van der Waals surface area contributed by atoms with Gasteiger partial charge in [-0.25, -0.2) is 4.98 Å². The van der Waals surface area contributed by atoms with Gasteiger partial charge in [0, 0.05) is 19.8 Å². The van der Waals surface area contributed by atoms with Gasteiger partial charge in [-0.2, -0.15) is 0 Å². The van der Waals surface area contributed by atoms with Crippen LogP contribution in [0.3, 0.4) is 0 Å². The Morgan fingerprint density at radius 1 is 1.13 bits per heavy atom. The number of nitrogens with one attached hydrogen (secondary N) is 1. The molecule has 7 heteroatoms. The highest BCUT2D eigenvalue weighted by Crippen LogP contribution is 2.38. The van der Waals surface area contributed by atoms with Crippen LogP contribution < -0.4 is 15.0 Å². The molecule has 1 aliphatic heterocycles. The Kier molecular flexibility index (Phi) is 6.23.